The maximum atomic E-state index is 12.4. The van der Waals surface area contributed by atoms with E-state index < -0.39 is 0 Å². The van der Waals surface area contributed by atoms with Gasteiger partial charge in [-0.3, -0.25) is 14.4 Å². The number of carbonyl (C=O) groups is 3. The summed E-state index contributed by atoms with van der Waals surface area (Å²) >= 11 is 0. The molecule has 29 heavy (non-hydrogen) atoms. The molecule has 0 bridgehead atoms. The average molecular weight is 393 g/mol. The van der Waals surface area contributed by atoms with E-state index in [0.29, 0.717) is 17.8 Å². The van der Waals surface area contributed by atoms with Gasteiger partial charge in [0.15, 0.2) is 0 Å². The molecule has 3 N–H and O–H groups in total. The molecule has 0 saturated heterocycles. The Morgan fingerprint density at radius 1 is 0.724 bits per heavy atom. The van der Waals surface area contributed by atoms with Crippen LogP contribution in [0.3, 0.4) is 0 Å². The van der Waals surface area contributed by atoms with Gasteiger partial charge >= 0.3 is 0 Å². The first-order valence-corrected chi connectivity index (χ1v) is 9.73. The van der Waals surface area contributed by atoms with E-state index in [9.17, 15) is 14.4 Å². The van der Waals surface area contributed by atoms with E-state index in [4.69, 9.17) is 0 Å². The number of benzene rings is 2. The molecule has 6 heteroatoms. The smallest absolute Gasteiger partial charge is 0.228 e. The normalized spacial score (nSPS) is 17.9. The minimum atomic E-state index is -0.320. The predicted molar refractivity (Wildman–Crippen MR) is 115 cm³/mol. The lowest BCUT2D eigenvalue weighted by Crippen LogP contribution is -2.20. The minimum Gasteiger partial charge on any atom is -0.326 e. The fourth-order valence-corrected chi connectivity index (χ4v) is 3.14. The number of hydrogen-bond acceptors (Lipinski definition) is 3. The lowest BCUT2D eigenvalue weighted by atomic mass is 9.87. The van der Waals surface area contributed by atoms with Crippen molar-refractivity contribution in [2.75, 3.05) is 16.0 Å². The first kappa shape index (κ1) is 20.6. The van der Waals surface area contributed by atoms with Crippen LogP contribution in [0.15, 0.2) is 48.5 Å². The molecular weight excluding hydrogens is 366 g/mol. The molecule has 0 spiro atoms. The van der Waals surface area contributed by atoms with E-state index in [-0.39, 0.29) is 35.0 Å². The minimum absolute atomic E-state index is 0.0581. The molecule has 3 rings (SSSR count). The molecule has 1 aliphatic rings. The largest absolute Gasteiger partial charge is 0.326 e. The highest BCUT2D eigenvalue weighted by Crippen LogP contribution is 2.40. The van der Waals surface area contributed by atoms with Crippen molar-refractivity contribution in [3.05, 3.63) is 54.1 Å². The second-order valence-electron chi connectivity index (χ2n) is 8.51. The van der Waals surface area contributed by atoms with Gasteiger partial charge in [-0.2, -0.15) is 0 Å². The number of anilines is 3. The quantitative estimate of drug-likeness (QED) is 0.713. The molecule has 1 aliphatic carbocycles. The monoisotopic (exact) mass is 393 g/mol. The number of carbonyl (C=O) groups excluding carboxylic acids is 3. The van der Waals surface area contributed by atoms with Gasteiger partial charge in [-0.1, -0.05) is 32.9 Å². The van der Waals surface area contributed by atoms with E-state index in [1.165, 1.54) is 12.5 Å². The van der Waals surface area contributed by atoms with Crippen LogP contribution in [0, 0.1) is 11.8 Å². The number of rotatable bonds is 5. The maximum absolute atomic E-state index is 12.4. The van der Waals surface area contributed by atoms with Gasteiger partial charge < -0.3 is 16.0 Å². The molecule has 0 heterocycles. The van der Waals surface area contributed by atoms with E-state index in [0.717, 1.165) is 5.69 Å². The highest BCUT2D eigenvalue weighted by atomic mass is 16.2. The zero-order chi connectivity index (χ0) is 21.2. The third kappa shape index (κ3) is 5.44. The third-order valence-corrected chi connectivity index (χ3v) is 4.96. The lowest BCUT2D eigenvalue weighted by molar-refractivity contribution is -0.122. The van der Waals surface area contributed by atoms with Crippen LogP contribution < -0.4 is 16.0 Å². The van der Waals surface area contributed by atoms with Crippen molar-refractivity contribution in [1.29, 1.82) is 0 Å². The van der Waals surface area contributed by atoms with Gasteiger partial charge in [0.2, 0.25) is 17.7 Å². The lowest BCUT2D eigenvalue weighted by Gasteiger charge is -2.19. The standard InChI is InChI=1S/C23H27N3O3/c1-14(27)24-16-9-11-18(12-10-16)26-22(29)20-13-19(20)21(28)25-17-7-5-15(6-8-17)23(2,3)4/h5-12,19-20H,13H2,1-4H3,(H,24,27)(H,25,28)(H,26,29). The van der Waals surface area contributed by atoms with Crippen LogP contribution in [-0.4, -0.2) is 17.7 Å². The molecule has 2 aromatic rings. The Morgan fingerprint density at radius 2 is 1.10 bits per heavy atom. The van der Waals surface area contributed by atoms with Crippen molar-refractivity contribution in [1.82, 2.24) is 0 Å². The Morgan fingerprint density at radius 3 is 1.48 bits per heavy atom. The molecule has 0 radical (unpaired) electrons. The summed E-state index contributed by atoms with van der Waals surface area (Å²) in [4.78, 5) is 35.9. The first-order valence-electron chi connectivity index (χ1n) is 9.73. The molecule has 2 unspecified atom stereocenters. The van der Waals surface area contributed by atoms with Crippen LogP contribution in [0.5, 0.6) is 0 Å². The number of nitrogens with one attached hydrogen (secondary N) is 3. The van der Waals surface area contributed by atoms with Crippen molar-refractivity contribution in [3.8, 4) is 0 Å². The Hall–Kier alpha value is -3.15. The SMILES string of the molecule is CC(=O)Nc1ccc(NC(=O)C2CC2C(=O)Nc2ccc(C(C)(C)C)cc2)cc1. The Kier molecular flexibility index (Phi) is 5.73. The summed E-state index contributed by atoms with van der Waals surface area (Å²) in [5.41, 5.74) is 3.29. The van der Waals surface area contributed by atoms with Crippen molar-refractivity contribution in [3.63, 3.8) is 0 Å². The van der Waals surface area contributed by atoms with Gasteiger partial charge in [0.1, 0.15) is 0 Å². The van der Waals surface area contributed by atoms with Crippen LogP contribution in [0.25, 0.3) is 0 Å². The van der Waals surface area contributed by atoms with Crippen molar-refractivity contribution >= 4 is 34.8 Å². The second kappa shape index (κ2) is 8.07. The molecule has 152 valence electrons. The van der Waals surface area contributed by atoms with Crippen LogP contribution in [-0.2, 0) is 19.8 Å². The molecular formula is C23H27N3O3. The van der Waals surface area contributed by atoms with E-state index in [1.807, 2.05) is 24.3 Å². The van der Waals surface area contributed by atoms with Gasteiger partial charge in [0, 0.05) is 24.0 Å². The third-order valence-electron chi connectivity index (χ3n) is 4.96. The first-order chi connectivity index (χ1) is 13.6. The molecule has 0 aliphatic heterocycles. The fourth-order valence-electron chi connectivity index (χ4n) is 3.14. The topological polar surface area (TPSA) is 87.3 Å². The van der Waals surface area contributed by atoms with E-state index >= 15 is 0 Å². The van der Waals surface area contributed by atoms with Crippen molar-refractivity contribution in [2.24, 2.45) is 11.8 Å². The summed E-state index contributed by atoms with van der Waals surface area (Å²) < 4.78 is 0. The zero-order valence-corrected chi connectivity index (χ0v) is 17.2. The van der Waals surface area contributed by atoms with Crippen molar-refractivity contribution < 1.29 is 14.4 Å². The van der Waals surface area contributed by atoms with Crippen LogP contribution >= 0.6 is 0 Å². The molecule has 1 saturated carbocycles. The van der Waals surface area contributed by atoms with Crippen molar-refractivity contribution in [2.45, 2.75) is 39.5 Å². The maximum Gasteiger partial charge on any atom is 0.228 e. The molecule has 2 atom stereocenters. The molecule has 3 amide bonds. The summed E-state index contributed by atoms with van der Waals surface area (Å²) in [7, 11) is 0. The fraction of sp³-hybridized carbons (Fsp3) is 0.348. The Bertz CT molecular complexity index is 912. The summed E-state index contributed by atoms with van der Waals surface area (Å²) in [5.74, 6) is -1.08. The van der Waals surface area contributed by atoms with Gasteiger partial charge in [0.25, 0.3) is 0 Å². The molecule has 0 aromatic heterocycles. The highest BCUT2D eigenvalue weighted by Gasteiger charge is 2.48. The molecule has 6 nitrogen and oxygen atoms in total. The summed E-state index contributed by atoms with van der Waals surface area (Å²) in [6.45, 7) is 7.86. The Balaban J connectivity index is 1.51. The Labute approximate surface area is 171 Å². The van der Waals surface area contributed by atoms with Crippen LogP contribution in [0.2, 0.25) is 0 Å². The van der Waals surface area contributed by atoms with Crippen LogP contribution in [0.1, 0.15) is 39.7 Å². The average Bonchev–Trinajstić information content (AvgIpc) is 3.44. The molecule has 2 aromatic carbocycles. The van der Waals surface area contributed by atoms with Gasteiger partial charge in [-0.05, 0) is 53.8 Å². The molecule has 1 fully saturated rings. The summed E-state index contributed by atoms with van der Waals surface area (Å²) in [5, 5.41) is 8.40. The highest BCUT2D eigenvalue weighted by molar-refractivity contribution is 6.03. The van der Waals surface area contributed by atoms with Gasteiger partial charge in [0.05, 0.1) is 11.8 Å². The number of hydrogen-bond donors (Lipinski definition) is 3. The van der Waals surface area contributed by atoms with Gasteiger partial charge in [-0.25, -0.2) is 0 Å². The summed E-state index contributed by atoms with van der Waals surface area (Å²) in [6.07, 6.45) is 0.543. The van der Waals surface area contributed by atoms with Crippen LogP contribution in [0.4, 0.5) is 17.1 Å². The van der Waals surface area contributed by atoms with Gasteiger partial charge in [-0.15, -0.1) is 0 Å². The summed E-state index contributed by atoms with van der Waals surface area (Å²) in [6, 6.07) is 14.7. The van der Waals surface area contributed by atoms with E-state index in [2.05, 4.69) is 36.7 Å². The van der Waals surface area contributed by atoms with E-state index in [1.54, 1.807) is 24.3 Å². The second-order valence-corrected chi connectivity index (χ2v) is 8.51. The number of amides is 3. The predicted octanol–water partition coefficient (Wildman–Crippen LogP) is 4.16. The zero-order valence-electron chi connectivity index (χ0n) is 17.2.